The van der Waals surface area contributed by atoms with E-state index < -0.39 is 0 Å². The predicted molar refractivity (Wildman–Crippen MR) is 128 cm³/mol. The quantitative estimate of drug-likeness (QED) is 0.436. The Balaban J connectivity index is 1.28. The molecule has 0 bridgehead atoms. The molecule has 0 spiro atoms. The van der Waals surface area contributed by atoms with Gasteiger partial charge >= 0.3 is 0 Å². The first-order chi connectivity index (χ1) is 15.7. The predicted octanol–water partition coefficient (Wildman–Crippen LogP) is 4.94. The number of anilines is 2. The fourth-order valence-corrected chi connectivity index (χ4v) is 4.53. The Bertz CT molecular complexity index is 1210. The number of carbonyl (C=O) groups is 1. The molecule has 2 aromatic heterocycles. The Labute approximate surface area is 194 Å². The topological polar surface area (TPSA) is 83.1 Å². The van der Waals surface area contributed by atoms with Crippen LogP contribution in [-0.4, -0.2) is 47.4 Å². The SMILES string of the molecule is O=C(Nc1ccc(-c2csc(N3CCOCC3)n2)cc1)c1cn[nH]c1-c1ccc(Cl)cc1. The highest BCUT2D eigenvalue weighted by Crippen LogP contribution is 2.29. The van der Waals surface area contributed by atoms with Crippen LogP contribution in [0.1, 0.15) is 10.4 Å². The normalized spacial score (nSPS) is 13.8. The molecule has 2 aromatic carbocycles. The standard InChI is InChI=1S/C23H20ClN5O2S/c24-17-5-1-16(2-6-17)21-19(13-25-28-21)22(30)26-18-7-3-15(4-8-18)20-14-32-23(27-20)29-9-11-31-12-10-29/h1-8,13-14H,9-12H2,(H,25,28)(H,26,30). The second-order valence-electron chi connectivity index (χ2n) is 7.31. The van der Waals surface area contributed by atoms with Crippen molar-refractivity contribution in [1.82, 2.24) is 15.2 Å². The van der Waals surface area contributed by atoms with Crippen LogP contribution in [0.25, 0.3) is 22.5 Å². The monoisotopic (exact) mass is 465 g/mol. The molecule has 0 radical (unpaired) electrons. The summed E-state index contributed by atoms with van der Waals surface area (Å²) in [6.07, 6.45) is 1.52. The molecule has 1 saturated heterocycles. The molecule has 32 heavy (non-hydrogen) atoms. The van der Waals surface area contributed by atoms with Crippen molar-refractivity contribution in [2.75, 3.05) is 36.5 Å². The third kappa shape index (κ3) is 4.38. The Kier molecular flexibility index (Phi) is 5.89. The van der Waals surface area contributed by atoms with Crippen molar-refractivity contribution in [1.29, 1.82) is 0 Å². The van der Waals surface area contributed by atoms with Gasteiger partial charge in [-0.25, -0.2) is 4.98 Å². The number of H-pyrrole nitrogens is 1. The maximum atomic E-state index is 12.8. The average molecular weight is 466 g/mol. The van der Waals surface area contributed by atoms with E-state index in [-0.39, 0.29) is 5.91 Å². The lowest BCUT2D eigenvalue weighted by Gasteiger charge is -2.26. The molecule has 0 aliphatic carbocycles. The number of aromatic nitrogens is 3. The van der Waals surface area contributed by atoms with E-state index in [2.05, 4.69) is 25.8 Å². The molecule has 7 nitrogen and oxygen atoms in total. The number of hydrogen-bond donors (Lipinski definition) is 2. The van der Waals surface area contributed by atoms with Gasteiger partial charge in [-0.2, -0.15) is 5.10 Å². The smallest absolute Gasteiger partial charge is 0.259 e. The molecular weight excluding hydrogens is 446 g/mol. The minimum atomic E-state index is -0.236. The largest absolute Gasteiger partial charge is 0.378 e. The van der Waals surface area contributed by atoms with Gasteiger partial charge in [-0.1, -0.05) is 35.9 Å². The molecule has 5 rings (SSSR count). The molecule has 4 aromatic rings. The number of nitrogens with zero attached hydrogens (tertiary/aromatic N) is 3. The Morgan fingerprint density at radius 1 is 1.06 bits per heavy atom. The maximum absolute atomic E-state index is 12.8. The summed E-state index contributed by atoms with van der Waals surface area (Å²) >= 11 is 7.60. The van der Waals surface area contributed by atoms with Crippen LogP contribution >= 0.6 is 22.9 Å². The number of thiazole rings is 1. The zero-order chi connectivity index (χ0) is 21.9. The van der Waals surface area contributed by atoms with Gasteiger partial charge in [-0.15, -0.1) is 11.3 Å². The average Bonchev–Trinajstić information content (AvgIpc) is 3.51. The Hall–Kier alpha value is -3.20. The van der Waals surface area contributed by atoms with E-state index >= 15 is 0 Å². The van der Waals surface area contributed by atoms with Crippen molar-refractivity contribution in [3.05, 3.63) is 70.7 Å². The summed E-state index contributed by atoms with van der Waals surface area (Å²) in [5.74, 6) is -0.236. The molecule has 2 N–H and O–H groups in total. The second kappa shape index (κ2) is 9.12. The van der Waals surface area contributed by atoms with Crippen LogP contribution < -0.4 is 10.2 Å². The van der Waals surface area contributed by atoms with Gasteiger partial charge in [-0.05, 0) is 24.3 Å². The number of aromatic amines is 1. The van der Waals surface area contributed by atoms with E-state index in [1.807, 2.05) is 36.4 Å². The first kappa shape index (κ1) is 20.7. The molecule has 0 unspecified atom stereocenters. The van der Waals surface area contributed by atoms with E-state index in [9.17, 15) is 4.79 Å². The number of halogens is 1. The third-order valence-corrected chi connectivity index (χ3v) is 6.38. The molecule has 0 atom stereocenters. The Morgan fingerprint density at radius 2 is 1.78 bits per heavy atom. The van der Waals surface area contributed by atoms with Gasteiger partial charge in [0.2, 0.25) is 0 Å². The number of amides is 1. The molecule has 3 heterocycles. The fourth-order valence-electron chi connectivity index (χ4n) is 3.51. The van der Waals surface area contributed by atoms with Gasteiger partial charge in [0, 0.05) is 40.3 Å². The number of hydrogen-bond acceptors (Lipinski definition) is 6. The summed E-state index contributed by atoms with van der Waals surface area (Å²) in [4.78, 5) is 19.9. The van der Waals surface area contributed by atoms with E-state index in [1.54, 1.807) is 23.5 Å². The van der Waals surface area contributed by atoms with Crippen molar-refractivity contribution >= 4 is 39.7 Å². The minimum Gasteiger partial charge on any atom is -0.378 e. The second-order valence-corrected chi connectivity index (χ2v) is 8.58. The van der Waals surface area contributed by atoms with Crippen LogP contribution in [0.4, 0.5) is 10.8 Å². The summed E-state index contributed by atoms with van der Waals surface area (Å²) in [5.41, 5.74) is 4.58. The lowest BCUT2D eigenvalue weighted by Crippen LogP contribution is -2.36. The summed E-state index contributed by atoms with van der Waals surface area (Å²) in [6, 6.07) is 14.9. The van der Waals surface area contributed by atoms with Crippen LogP contribution in [0.5, 0.6) is 0 Å². The summed E-state index contributed by atoms with van der Waals surface area (Å²) < 4.78 is 5.41. The lowest BCUT2D eigenvalue weighted by molar-refractivity contribution is 0.102. The minimum absolute atomic E-state index is 0.236. The van der Waals surface area contributed by atoms with Gasteiger partial charge in [-0.3, -0.25) is 9.89 Å². The molecule has 1 aliphatic heterocycles. The third-order valence-electron chi connectivity index (χ3n) is 5.23. The summed E-state index contributed by atoms with van der Waals surface area (Å²) in [5, 5.41) is 13.6. The molecule has 0 saturated carbocycles. The van der Waals surface area contributed by atoms with Gasteiger partial charge in [0.15, 0.2) is 5.13 Å². The van der Waals surface area contributed by atoms with Crippen LogP contribution in [0.2, 0.25) is 5.02 Å². The van der Waals surface area contributed by atoms with Crippen LogP contribution in [-0.2, 0) is 4.74 Å². The zero-order valence-corrected chi connectivity index (χ0v) is 18.6. The number of benzene rings is 2. The maximum Gasteiger partial charge on any atom is 0.259 e. The van der Waals surface area contributed by atoms with Gasteiger partial charge in [0.05, 0.1) is 36.4 Å². The van der Waals surface area contributed by atoms with E-state index in [0.29, 0.717) is 22.0 Å². The molecule has 1 amide bonds. The highest BCUT2D eigenvalue weighted by Gasteiger charge is 2.17. The van der Waals surface area contributed by atoms with Gasteiger partial charge in [0.1, 0.15) is 0 Å². The number of morpholine rings is 1. The van der Waals surface area contributed by atoms with E-state index in [1.165, 1.54) is 6.20 Å². The van der Waals surface area contributed by atoms with Crippen LogP contribution in [0.15, 0.2) is 60.1 Å². The van der Waals surface area contributed by atoms with Crippen molar-refractivity contribution < 1.29 is 9.53 Å². The van der Waals surface area contributed by atoms with Crippen molar-refractivity contribution in [3.8, 4) is 22.5 Å². The summed E-state index contributed by atoms with van der Waals surface area (Å²) in [7, 11) is 0. The van der Waals surface area contributed by atoms with Crippen LogP contribution in [0.3, 0.4) is 0 Å². The number of nitrogens with one attached hydrogen (secondary N) is 2. The fraction of sp³-hybridized carbons (Fsp3) is 0.174. The van der Waals surface area contributed by atoms with Crippen molar-refractivity contribution in [2.24, 2.45) is 0 Å². The zero-order valence-electron chi connectivity index (χ0n) is 17.0. The van der Waals surface area contributed by atoms with Crippen LogP contribution in [0, 0.1) is 0 Å². The van der Waals surface area contributed by atoms with Gasteiger partial charge < -0.3 is 15.0 Å². The number of ether oxygens (including phenoxy) is 1. The van der Waals surface area contributed by atoms with E-state index in [0.717, 1.165) is 48.3 Å². The molecule has 1 fully saturated rings. The molecule has 1 aliphatic rings. The summed E-state index contributed by atoms with van der Waals surface area (Å²) in [6.45, 7) is 3.20. The van der Waals surface area contributed by atoms with Crippen molar-refractivity contribution in [2.45, 2.75) is 0 Å². The molecular formula is C23H20ClN5O2S. The Morgan fingerprint density at radius 3 is 2.53 bits per heavy atom. The highest BCUT2D eigenvalue weighted by molar-refractivity contribution is 7.14. The lowest BCUT2D eigenvalue weighted by atomic mass is 10.1. The van der Waals surface area contributed by atoms with Gasteiger partial charge in [0.25, 0.3) is 5.91 Å². The van der Waals surface area contributed by atoms with Crippen molar-refractivity contribution in [3.63, 3.8) is 0 Å². The van der Waals surface area contributed by atoms with E-state index in [4.69, 9.17) is 21.3 Å². The first-order valence-corrected chi connectivity index (χ1v) is 11.4. The number of rotatable bonds is 5. The highest BCUT2D eigenvalue weighted by atomic mass is 35.5. The molecule has 9 heteroatoms. The molecule has 162 valence electrons. The first-order valence-electron chi connectivity index (χ1n) is 10.2. The number of carbonyl (C=O) groups excluding carboxylic acids is 1.